The Hall–Kier alpha value is -4.13. The number of hydrogen-bond acceptors (Lipinski definition) is 4. The molecule has 0 fully saturated rings. The Morgan fingerprint density at radius 1 is 1.00 bits per heavy atom. The van der Waals surface area contributed by atoms with E-state index in [1.807, 2.05) is 59.2 Å². The molecule has 1 aliphatic heterocycles. The summed E-state index contributed by atoms with van der Waals surface area (Å²) in [4.78, 5) is 30.6. The number of fused-ring (bicyclic) bond motifs is 3. The fourth-order valence-electron chi connectivity index (χ4n) is 4.00. The SMILES string of the molecule is COc1ccc(C2C(NC(=O)c3ccccc3)C(=O)Nc3nc4ccccc4n32)cc1. The molecule has 7 heteroatoms. The van der Waals surface area contributed by atoms with Gasteiger partial charge >= 0.3 is 0 Å². The molecule has 0 aliphatic carbocycles. The average molecular weight is 412 g/mol. The summed E-state index contributed by atoms with van der Waals surface area (Å²) in [5.74, 6) is 0.543. The van der Waals surface area contributed by atoms with Gasteiger partial charge in [0.2, 0.25) is 5.95 Å². The van der Waals surface area contributed by atoms with Gasteiger partial charge in [-0.1, -0.05) is 42.5 Å². The number of carbonyl (C=O) groups is 2. The molecule has 2 unspecified atom stereocenters. The van der Waals surface area contributed by atoms with Crippen LogP contribution in [0.3, 0.4) is 0 Å². The first-order chi connectivity index (χ1) is 15.2. The molecule has 0 spiro atoms. The number of ether oxygens (including phenoxy) is 1. The number of para-hydroxylation sites is 2. The van der Waals surface area contributed by atoms with E-state index in [-0.39, 0.29) is 11.8 Å². The average Bonchev–Trinajstić information content (AvgIpc) is 3.18. The second kappa shape index (κ2) is 7.60. The van der Waals surface area contributed by atoms with Crippen LogP contribution in [0, 0.1) is 0 Å². The van der Waals surface area contributed by atoms with Gasteiger partial charge in [0.1, 0.15) is 11.8 Å². The zero-order valence-electron chi connectivity index (χ0n) is 16.8. The summed E-state index contributed by atoms with van der Waals surface area (Å²) in [7, 11) is 1.60. The summed E-state index contributed by atoms with van der Waals surface area (Å²) in [6, 6.07) is 22.7. The van der Waals surface area contributed by atoms with Gasteiger partial charge in [-0.15, -0.1) is 0 Å². The van der Waals surface area contributed by atoms with Gasteiger partial charge < -0.3 is 10.1 Å². The number of methoxy groups -OCH3 is 1. The monoisotopic (exact) mass is 412 g/mol. The van der Waals surface area contributed by atoms with Gasteiger partial charge in [-0.25, -0.2) is 4.98 Å². The second-order valence-corrected chi connectivity index (χ2v) is 7.32. The smallest absolute Gasteiger partial charge is 0.251 e. The Kier molecular flexibility index (Phi) is 4.63. The van der Waals surface area contributed by atoms with Crippen molar-refractivity contribution in [3.63, 3.8) is 0 Å². The molecule has 154 valence electrons. The first-order valence-electron chi connectivity index (χ1n) is 9.93. The fourth-order valence-corrected chi connectivity index (χ4v) is 4.00. The topological polar surface area (TPSA) is 85.2 Å². The molecule has 0 saturated heterocycles. The number of carbonyl (C=O) groups excluding carboxylic acids is 2. The molecule has 7 nitrogen and oxygen atoms in total. The molecule has 1 aromatic heterocycles. The summed E-state index contributed by atoms with van der Waals surface area (Å²) < 4.78 is 7.25. The summed E-state index contributed by atoms with van der Waals surface area (Å²) in [6.45, 7) is 0. The molecule has 0 radical (unpaired) electrons. The highest BCUT2D eigenvalue weighted by Gasteiger charge is 2.39. The maximum Gasteiger partial charge on any atom is 0.251 e. The summed E-state index contributed by atoms with van der Waals surface area (Å²) >= 11 is 0. The molecule has 1 aliphatic rings. The van der Waals surface area contributed by atoms with E-state index in [1.54, 1.807) is 31.4 Å². The third-order valence-electron chi connectivity index (χ3n) is 5.49. The van der Waals surface area contributed by atoms with Gasteiger partial charge in [-0.2, -0.15) is 0 Å². The van der Waals surface area contributed by atoms with Crippen LogP contribution in [0.15, 0.2) is 78.9 Å². The van der Waals surface area contributed by atoms with E-state index in [0.717, 1.165) is 16.6 Å². The van der Waals surface area contributed by atoms with Crippen molar-refractivity contribution < 1.29 is 14.3 Å². The van der Waals surface area contributed by atoms with Crippen molar-refractivity contribution in [2.45, 2.75) is 12.1 Å². The number of aromatic nitrogens is 2. The Morgan fingerprint density at radius 3 is 2.45 bits per heavy atom. The maximum atomic E-state index is 13.1. The van der Waals surface area contributed by atoms with E-state index in [4.69, 9.17) is 4.74 Å². The van der Waals surface area contributed by atoms with Crippen molar-refractivity contribution in [3.8, 4) is 5.75 Å². The summed E-state index contributed by atoms with van der Waals surface area (Å²) in [5, 5.41) is 5.78. The minimum absolute atomic E-state index is 0.312. The highest BCUT2D eigenvalue weighted by molar-refractivity contribution is 6.03. The lowest BCUT2D eigenvalue weighted by Gasteiger charge is -2.34. The molecule has 31 heavy (non-hydrogen) atoms. The fraction of sp³-hybridized carbons (Fsp3) is 0.125. The van der Waals surface area contributed by atoms with Gasteiger partial charge in [-0.05, 0) is 42.0 Å². The van der Waals surface area contributed by atoms with Crippen molar-refractivity contribution in [2.75, 3.05) is 12.4 Å². The van der Waals surface area contributed by atoms with E-state index in [9.17, 15) is 9.59 Å². The van der Waals surface area contributed by atoms with E-state index in [0.29, 0.717) is 17.3 Å². The lowest BCUT2D eigenvalue weighted by Crippen LogP contribution is -2.52. The molecule has 0 bridgehead atoms. The van der Waals surface area contributed by atoms with E-state index in [2.05, 4.69) is 15.6 Å². The Bertz CT molecular complexity index is 1270. The molecule has 2 heterocycles. The highest BCUT2D eigenvalue weighted by Crippen LogP contribution is 2.35. The minimum Gasteiger partial charge on any atom is -0.497 e. The normalized spacial score (nSPS) is 17.6. The van der Waals surface area contributed by atoms with Crippen molar-refractivity contribution in [2.24, 2.45) is 0 Å². The number of benzene rings is 3. The quantitative estimate of drug-likeness (QED) is 0.538. The number of amides is 2. The van der Waals surface area contributed by atoms with Crippen LogP contribution in [-0.2, 0) is 4.79 Å². The van der Waals surface area contributed by atoms with Crippen LogP contribution in [0.5, 0.6) is 5.75 Å². The van der Waals surface area contributed by atoms with E-state index in [1.165, 1.54) is 0 Å². The van der Waals surface area contributed by atoms with Crippen LogP contribution in [0.1, 0.15) is 22.0 Å². The number of rotatable bonds is 4. The summed E-state index contributed by atoms with van der Waals surface area (Å²) in [6.07, 6.45) is 0. The standard InChI is InChI=1S/C24H20N4O3/c1-31-17-13-11-15(12-14-17)21-20(26-22(29)16-7-3-2-4-8-16)23(30)27-24-25-18-9-5-6-10-19(18)28(21)24/h2-14,20-21H,1H3,(H,26,29)(H,25,27,30). The highest BCUT2D eigenvalue weighted by atomic mass is 16.5. The molecule has 2 N–H and O–H groups in total. The van der Waals surface area contributed by atoms with Gasteiger partial charge in [0.15, 0.2) is 0 Å². The van der Waals surface area contributed by atoms with Crippen LogP contribution < -0.4 is 15.4 Å². The molecule has 2 amide bonds. The lowest BCUT2D eigenvalue weighted by molar-refractivity contribution is -0.119. The Labute approximate surface area is 178 Å². The molecule has 5 rings (SSSR count). The van der Waals surface area contributed by atoms with Gasteiger partial charge in [0.05, 0.1) is 24.2 Å². The number of nitrogens with zero attached hydrogens (tertiary/aromatic N) is 2. The predicted molar refractivity (Wildman–Crippen MR) is 117 cm³/mol. The minimum atomic E-state index is -0.828. The first kappa shape index (κ1) is 18.9. The Balaban J connectivity index is 1.63. The molecule has 2 atom stereocenters. The van der Waals surface area contributed by atoms with Crippen molar-refractivity contribution in [1.82, 2.24) is 14.9 Å². The lowest BCUT2D eigenvalue weighted by atomic mass is 9.95. The zero-order chi connectivity index (χ0) is 21.4. The third-order valence-corrected chi connectivity index (χ3v) is 5.49. The predicted octanol–water partition coefficient (Wildman–Crippen LogP) is 3.39. The number of hydrogen-bond donors (Lipinski definition) is 2. The molecular weight excluding hydrogens is 392 g/mol. The molecule has 4 aromatic rings. The maximum absolute atomic E-state index is 13.1. The largest absolute Gasteiger partial charge is 0.497 e. The van der Waals surface area contributed by atoms with E-state index < -0.39 is 12.1 Å². The van der Waals surface area contributed by atoms with Crippen LogP contribution in [0.25, 0.3) is 11.0 Å². The zero-order valence-corrected chi connectivity index (χ0v) is 16.8. The number of anilines is 1. The van der Waals surface area contributed by atoms with Crippen molar-refractivity contribution in [1.29, 1.82) is 0 Å². The number of imidazole rings is 1. The van der Waals surface area contributed by atoms with E-state index >= 15 is 0 Å². The van der Waals surface area contributed by atoms with Crippen LogP contribution in [0.4, 0.5) is 5.95 Å². The first-order valence-corrected chi connectivity index (χ1v) is 9.93. The van der Waals surface area contributed by atoms with Crippen LogP contribution in [0.2, 0.25) is 0 Å². The van der Waals surface area contributed by atoms with Gasteiger partial charge in [0, 0.05) is 5.56 Å². The van der Waals surface area contributed by atoms with Gasteiger partial charge in [-0.3, -0.25) is 19.5 Å². The van der Waals surface area contributed by atoms with Crippen LogP contribution >= 0.6 is 0 Å². The molecular formula is C24H20N4O3. The second-order valence-electron chi connectivity index (χ2n) is 7.32. The third kappa shape index (κ3) is 3.30. The van der Waals surface area contributed by atoms with Crippen molar-refractivity contribution in [3.05, 3.63) is 90.0 Å². The van der Waals surface area contributed by atoms with Crippen molar-refractivity contribution >= 4 is 28.8 Å². The Morgan fingerprint density at radius 2 is 1.71 bits per heavy atom. The van der Waals surface area contributed by atoms with Crippen LogP contribution in [-0.4, -0.2) is 34.5 Å². The number of nitrogens with one attached hydrogen (secondary N) is 2. The van der Waals surface area contributed by atoms with Gasteiger partial charge in [0.25, 0.3) is 11.8 Å². The summed E-state index contributed by atoms with van der Waals surface area (Å²) in [5.41, 5.74) is 2.99. The molecule has 3 aromatic carbocycles. The molecule has 0 saturated carbocycles.